The van der Waals surface area contributed by atoms with Gasteiger partial charge in [-0.25, -0.2) is 4.98 Å². The van der Waals surface area contributed by atoms with Gasteiger partial charge in [0.05, 0.1) is 0 Å². The van der Waals surface area contributed by atoms with Crippen LogP contribution in [0.3, 0.4) is 0 Å². The summed E-state index contributed by atoms with van der Waals surface area (Å²) >= 11 is 0. The smallest absolute Gasteiger partial charge is 0.109 e. The van der Waals surface area contributed by atoms with E-state index in [2.05, 4.69) is 15.0 Å². The maximum atomic E-state index is 4.46. The molecule has 0 bridgehead atoms. The van der Waals surface area contributed by atoms with Gasteiger partial charge in [0.2, 0.25) is 0 Å². The monoisotopic (exact) mass is 213 g/mol. The molecule has 1 aliphatic carbocycles. The molecule has 0 spiro atoms. The highest BCUT2D eigenvalue weighted by atomic mass is 14.9. The molecule has 0 aromatic carbocycles. The van der Waals surface area contributed by atoms with Crippen molar-refractivity contribution in [2.75, 3.05) is 0 Å². The lowest BCUT2D eigenvalue weighted by molar-refractivity contribution is 0.403. The molecule has 2 aromatic heterocycles. The van der Waals surface area contributed by atoms with Crippen LogP contribution < -0.4 is 0 Å². The van der Waals surface area contributed by atoms with E-state index in [1.165, 1.54) is 36.3 Å². The van der Waals surface area contributed by atoms with E-state index in [4.69, 9.17) is 0 Å². The molecule has 82 valence electrons. The van der Waals surface area contributed by atoms with E-state index < -0.39 is 0 Å². The Bertz CT molecular complexity index is 457. The van der Waals surface area contributed by atoms with Crippen molar-refractivity contribution in [3.63, 3.8) is 0 Å². The van der Waals surface area contributed by atoms with Gasteiger partial charge >= 0.3 is 0 Å². The molecule has 3 nitrogen and oxygen atoms in total. The van der Waals surface area contributed by atoms with Crippen molar-refractivity contribution >= 4 is 0 Å². The third kappa shape index (κ3) is 1.85. The molecule has 0 saturated heterocycles. The van der Waals surface area contributed by atoms with E-state index >= 15 is 0 Å². The van der Waals surface area contributed by atoms with Crippen LogP contribution in [0.25, 0.3) is 0 Å². The Morgan fingerprint density at radius 1 is 1.25 bits per heavy atom. The van der Waals surface area contributed by atoms with Crippen LogP contribution in [0.2, 0.25) is 0 Å². The van der Waals surface area contributed by atoms with Gasteiger partial charge in [-0.1, -0.05) is 6.42 Å². The van der Waals surface area contributed by atoms with Crippen molar-refractivity contribution in [3.05, 3.63) is 47.8 Å². The van der Waals surface area contributed by atoms with E-state index in [9.17, 15) is 0 Å². The number of H-pyrrole nitrogens is 1. The fraction of sp³-hybridized carbons (Fsp3) is 0.385. The average Bonchev–Trinajstić information content (AvgIpc) is 2.65. The zero-order chi connectivity index (χ0) is 10.8. The van der Waals surface area contributed by atoms with Crippen LogP contribution in [0.15, 0.2) is 30.7 Å². The molecule has 0 unspecified atom stereocenters. The first kappa shape index (κ1) is 9.58. The Morgan fingerprint density at radius 2 is 2.06 bits per heavy atom. The second-order valence-electron chi connectivity index (χ2n) is 4.45. The molecular formula is C13H15N3. The van der Waals surface area contributed by atoms with Crippen molar-refractivity contribution in [1.29, 1.82) is 0 Å². The molecule has 0 aliphatic heterocycles. The molecule has 1 fully saturated rings. The van der Waals surface area contributed by atoms with Crippen LogP contribution in [-0.2, 0) is 6.42 Å². The minimum absolute atomic E-state index is 0.686. The highest BCUT2D eigenvalue weighted by Crippen LogP contribution is 2.34. The summed E-state index contributed by atoms with van der Waals surface area (Å²) in [7, 11) is 0. The summed E-state index contributed by atoms with van der Waals surface area (Å²) in [6, 6.07) is 4.09. The zero-order valence-corrected chi connectivity index (χ0v) is 9.19. The van der Waals surface area contributed by atoms with Gasteiger partial charge in [0.25, 0.3) is 0 Å². The SMILES string of the molecule is c1cc(Cc2cnc(C3CCC3)[nH]2)ccn1. The topological polar surface area (TPSA) is 41.6 Å². The third-order valence-electron chi connectivity index (χ3n) is 3.28. The second-order valence-corrected chi connectivity index (χ2v) is 4.45. The molecule has 1 aliphatic rings. The minimum atomic E-state index is 0.686. The zero-order valence-electron chi connectivity index (χ0n) is 9.19. The van der Waals surface area contributed by atoms with Crippen molar-refractivity contribution < 1.29 is 0 Å². The van der Waals surface area contributed by atoms with Gasteiger partial charge in [-0.05, 0) is 30.5 Å². The van der Waals surface area contributed by atoms with Crippen LogP contribution in [-0.4, -0.2) is 15.0 Å². The largest absolute Gasteiger partial charge is 0.345 e. The minimum Gasteiger partial charge on any atom is -0.345 e. The number of hydrogen-bond donors (Lipinski definition) is 1. The first-order chi connectivity index (χ1) is 7.92. The average molecular weight is 213 g/mol. The number of imidazole rings is 1. The molecule has 3 heteroatoms. The van der Waals surface area contributed by atoms with Crippen LogP contribution in [0.4, 0.5) is 0 Å². The number of nitrogens with zero attached hydrogens (tertiary/aromatic N) is 2. The highest BCUT2D eigenvalue weighted by Gasteiger charge is 2.21. The van der Waals surface area contributed by atoms with Crippen LogP contribution >= 0.6 is 0 Å². The lowest BCUT2D eigenvalue weighted by Crippen LogP contribution is -2.10. The Morgan fingerprint density at radius 3 is 2.75 bits per heavy atom. The van der Waals surface area contributed by atoms with E-state index in [0.717, 1.165) is 6.42 Å². The molecule has 3 rings (SSSR count). The van der Waals surface area contributed by atoms with Crippen molar-refractivity contribution in [3.8, 4) is 0 Å². The fourth-order valence-electron chi connectivity index (χ4n) is 2.08. The summed E-state index contributed by atoms with van der Waals surface area (Å²) in [5.74, 6) is 1.86. The Balaban J connectivity index is 1.73. The van der Waals surface area contributed by atoms with E-state index in [0.29, 0.717) is 5.92 Å². The van der Waals surface area contributed by atoms with Gasteiger partial charge in [-0.3, -0.25) is 4.98 Å². The van der Waals surface area contributed by atoms with Gasteiger partial charge < -0.3 is 4.98 Å². The van der Waals surface area contributed by atoms with Gasteiger partial charge in [0, 0.05) is 36.6 Å². The van der Waals surface area contributed by atoms with Crippen LogP contribution in [0.1, 0.15) is 42.3 Å². The summed E-state index contributed by atoms with van der Waals surface area (Å²) in [4.78, 5) is 11.9. The quantitative estimate of drug-likeness (QED) is 0.851. The van der Waals surface area contributed by atoms with E-state index in [1.807, 2.05) is 30.7 Å². The number of aromatic nitrogens is 3. The second kappa shape index (κ2) is 4.08. The van der Waals surface area contributed by atoms with Crippen molar-refractivity contribution in [2.24, 2.45) is 0 Å². The molecule has 1 N–H and O–H groups in total. The third-order valence-corrected chi connectivity index (χ3v) is 3.28. The summed E-state index contributed by atoms with van der Waals surface area (Å²) in [5.41, 5.74) is 2.48. The van der Waals surface area contributed by atoms with Crippen molar-refractivity contribution in [1.82, 2.24) is 15.0 Å². The first-order valence-corrected chi connectivity index (χ1v) is 5.84. The van der Waals surface area contributed by atoms with Gasteiger partial charge in [0.15, 0.2) is 0 Å². The lowest BCUT2D eigenvalue weighted by Gasteiger charge is -2.22. The number of nitrogens with one attached hydrogen (secondary N) is 1. The molecule has 1 saturated carbocycles. The Labute approximate surface area is 95.0 Å². The lowest BCUT2D eigenvalue weighted by atomic mass is 9.85. The van der Waals surface area contributed by atoms with Crippen LogP contribution in [0, 0.1) is 0 Å². The standard InChI is InChI=1S/C13H15N3/c1-2-11(3-1)13-15-9-12(16-13)8-10-4-6-14-7-5-10/h4-7,9,11H,1-3,8H2,(H,15,16). The molecule has 2 heterocycles. The van der Waals surface area contributed by atoms with E-state index in [1.54, 1.807) is 0 Å². The number of pyridine rings is 1. The molecule has 0 radical (unpaired) electrons. The van der Waals surface area contributed by atoms with Gasteiger partial charge in [-0.15, -0.1) is 0 Å². The molecule has 0 atom stereocenters. The predicted molar refractivity (Wildman–Crippen MR) is 62.2 cm³/mol. The maximum absolute atomic E-state index is 4.46. The van der Waals surface area contributed by atoms with Gasteiger partial charge in [0.1, 0.15) is 5.82 Å². The number of hydrogen-bond acceptors (Lipinski definition) is 2. The molecule has 0 amide bonds. The summed E-state index contributed by atoms with van der Waals surface area (Å²) < 4.78 is 0. The summed E-state index contributed by atoms with van der Waals surface area (Å²) in [5, 5.41) is 0. The summed E-state index contributed by atoms with van der Waals surface area (Å²) in [6.45, 7) is 0. The number of rotatable bonds is 3. The van der Waals surface area contributed by atoms with E-state index in [-0.39, 0.29) is 0 Å². The Hall–Kier alpha value is -1.64. The number of aromatic amines is 1. The fourth-order valence-corrected chi connectivity index (χ4v) is 2.08. The highest BCUT2D eigenvalue weighted by molar-refractivity contribution is 5.19. The summed E-state index contributed by atoms with van der Waals surface area (Å²) in [6.07, 6.45) is 10.5. The predicted octanol–water partition coefficient (Wildman–Crippen LogP) is 2.66. The van der Waals surface area contributed by atoms with Crippen molar-refractivity contribution in [2.45, 2.75) is 31.6 Å². The normalized spacial score (nSPS) is 16.0. The van der Waals surface area contributed by atoms with Gasteiger partial charge in [-0.2, -0.15) is 0 Å². The Kier molecular flexibility index (Phi) is 2.44. The molecule has 16 heavy (non-hydrogen) atoms. The molecule has 2 aromatic rings. The first-order valence-electron chi connectivity index (χ1n) is 5.84. The molecular weight excluding hydrogens is 198 g/mol. The maximum Gasteiger partial charge on any atom is 0.109 e. The van der Waals surface area contributed by atoms with Crippen LogP contribution in [0.5, 0.6) is 0 Å².